The fraction of sp³-hybridized carbons (Fsp3) is 0.333. The first kappa shape index (κ1) is 23.2. The fourth-order valence-electron chi connectivity index (χ4n) is 2.74. The maximum absolute atomic E-state index is 13.0. The summed E-state index contributed by atoms with van der Waals surface area (Å²) in [6.07, 6.45) is -4.62. The van der Waals surface area contributed by atoms with Crippen LogP contribution in [0, 0.1) is 0 Å². The lowest BCUT2D eigenvalue weighted by molar-refractivity contribution is -0.137. The predicted molar refractivity (Wildman–Crippen MR) is 105 cm³/mol. The van der Waals surface area contributed by atoms with Crippen molar-refractivity contribution >= 4 is 17.6 Å². The van der Waals surface area contributed by atoms with Gasteiger partial charge in [0.2, 0.25) is 0 Å². The van der Waals surface area contributed by atoms with Crippen LogP contribution in [0.5, 0.6) is 17.2 Å². The number of nitrogens with one attached hydrogen (secondary N) is 1. The predicted octanol–water partition coefficient (Wildman–Crippen LogP) is 3.30. The molecule has 2 aromatic rings. The standard InChI is InChI=1S/C21H20F3NO7/c1-28-6-7-29-16-5-3-14(21(22,23)24)11-15(16)25-19(26)12-32-20(27)13-2-4-17-18(10-13)31-9-8-30-17/h2-5,10-11H,6-9,12H2,1H3,(H,25,26). The van der Waals surface area contributed by atoms with E-state index in [1.807, 2.05) is 0 Å². The number of rotatable bonds is 8. The molecule has 3 rings (SSSR count). The number of esters is 1. The highest BCUT2D eigenvalue weighted by Crippen LogP contribution is 2.35. The summed E-state index contributed by atoms with van der Waals surface area (Å²) in [4.78, 5) is 24.5. The van der Waals surface area contributed by atoms with Crippen LogP contribution in [-0.4, -0.2) is 52.0 Å². The van der Waals surface area contributed by atoms with Crippen molar-refractivity contribution < 1.29 is 46.4 Å². The molecule has 2 aromatic carbocycles. The lowest BCUT2D eigenvalue weighted by atomic mass is 10.1. The number of hydrogen-bond donors (Lipinski definition) is 1. The van der Waals surface area contributed by atoms with E-state index in [0.29, 0.717) is 24.7 Å². The Kier molecular flexibility index (Phi) is 7.41. The molecule has 0 unspecified atom stereocenters. The van der Waals surface area contributed by atoms with Crippen molar-refractivity contribution in [3.8, 4) is 17.2 Å². The van der Waals surface area contributed by atoms with Crippen LogP contribution >= 0.6 is 0 Å². The van der Waals surface area contributed by atoms with Crippen LogP contribution in [0.15, 0.2) is 36.4 Å². The van der Waals surface area contributed by atoms with Gasteiger partial charge in [0.15, 0.2) is 18.1 Å². The zero-order valence-corrected chi connectivity index (χ0v) is 17.0. The number of carbonyl (C=O) groups is 2. The monoisotopic (exact) mass is 455 g/mol. The third-order valence-electron chi connectivity index (χ3n) is 4.24. The van der Waals surface area contributed by atoms with Gasteiger partial charge in [0.05, 0.1) is 23.4 Å². The van der Waals surface area contributed by atoms with Crippen LogP contribution < -0.4 is 19.5 Å². The van der Waals surface area contributed by atoms with Crippen LogP contribution in [0.4, 0.5) is 18.9 Å². The summed E-state index contributed by atoms with van der Waals surface area (Å²) < 4.78 is 65.0. The van der Waals surface area contributed by atoms with Crippen molar-refractivity contribution in [2.24, 2.45) is 0 Å². The number of anilines is 1. The molecule has 0 aromatic heterocycles. The molecule has 11 heteroatoms. The smallest absolute Gasteiger partial charge is 0.416 e. The highest BCUT2D eigenvalue weighted by molar-refractivity contribution is 5.96. The molecule has 0 bridgehead atoms. The Balaban J connectivity index is 1.64. The molecule has 1 amide bonds. The molecule has 1 aliphatic heterocycles. The summed E-state index contributed by atoms with van der Waals surface area (Å²) in [6, 6.07) is 7.07. The Morgan fingerprint density at radius 3 is 2.50 bits per heavy atom. The van der Waals surface area contributed by atoms with E-state index in [1.165, 1.54) is 25.3 Å². The largest absolute Gasteiger partial charge is 0.489 e. The second-order valence-corrected chi connectivity index (χ2v) is 6.53. The fourth-order valence-corrected chi connectivity index (χ4v) is 2.74. The number of hydrogen-bond acceptors (Lipinski definition) is 7. The lowest BCUT2D eigenvalue weighted by Crippen LogP contribution is -2.22. The molecule has 0 fully saturated rings. The Morgan fingerprint density at radius 1 is 1.03 bits per heavy atom. The summed E-state index contributed by atoms with van der Waals surface area (Å²) in [5, 5.41) is 2.28. The number of alkyl halides is 3. The number of carbonyl (C=O) groups excluding carboxylic acids is 2. The average Bonchev–Trinajstić information content (AvgIpc) is 2.77. The van der Waals surface area contributed by atoms with E-state index >= 15 is 0 Å². The maximum atomic E-state index is 13.0. The molecule has 0 radical (unpaired) electrons. The van der Waals surface area contributed by atoms with Crippen molar-refractivity contribution in [3.63, 3.8) is 0 Å². The van der Waals surface area contributed by atoms with Crippen molar-refractivity contribution in [2.45, 2.75) is 6.18 Å². The number of halogens is 3. The minimum atomic E-state index is -4.62. The van der Waals surface area contributed by atoms with Gasteiger partial charge >= 0.3 is 12.1 Å². The first-order valence-electron chi connectivity index (χ1n) is 9.47. The third kappa shape index (κ3) is 6.03. The van der Waals surface area contributed by atoms with Crippen molar-refractivity contribution in [1.29, 1.82) is 0 Å². The topological polar surface area (TPSA) is 92.3 Å². The SMILES string of the molecule is COCCOc1ccc(C(F)(F)F)cc1NC(=O)COC(=O)c1ccc2c(c1)OCCO2. The van der Waals surface area contributed by atoms with Crippen molar-refractivity contribution in [2.75, 3.05) is 45.5 Å². The van der Waals surface area contributed by atoms with E-state index in [1.54, 1.807) is 0 Å². The summed E-state index contributed by atoms with van der Waals surface area (Å²) >= 11 is 0. The Morgan fingerprint density at radius 2 is 1.78 bits per heavy atom. The molecule has 1 N–H and O–H groups in total. The Labute approximate surface area is 181 Å². The normalized spacial score (nSPS) is 12.8. The summed E-state index contributed by atoms with van der Waals surface area (Å²) in [6.45, 7) is 0.260. The summed E-state index contributed by atoms with van der Waals surface area (Å²) in [5.41, 5.74) is -1.05. The zero-order valence-electron chi connectivity index (χ0n) is 17.0. The highest BCUT2D eigenvalue weighted by Gasteiger charge is 2.31. The molecule has 0 saturated carbocycles. The molecule has 0 spiro atoms. The van der Waals surface area contributed by atoms with E-state index in [9.17, 15) is 22.8 Å². The van der Waals surface area contributed by atoms with Gasteiger partial charge in [-0.2, -0.15) is 13.2 Å². The minimum absolute atomic E-state index is 0.0153. The van der Waals surface area contributed by atoms with Gasteiger partial charge in [-0.25, -0.2) is 4.79 Å². The van der Waals surface area contributed by atoms with Crippen LogP contribution in [0.2, 0.25) is 0 Å². The molecule has 8 nitrogen and oxygen atoms in total. The summed E-state index contributed by atoms with van der Waals surface area (Å²) in [5.74, 6) is -0.779. The van der Waals surface area contributed by atoms with Crippen LogP contribution in [0.25, 0.3) is 0 Å². The van der Waals surface area contributed by atoms with Crippen molar-refractivity contribution in [3.05, 3.63) is 47.5 Å². The molecule has 32 heavy (non-hydrogen) atoms. The maximum Gasteiger partial charge on any atom is 0.416 e. The number of fused-ring (bicyclic) bond motifs is 1. The number of methoxy groups -OCH3 is 1. The van der Waals surface area contributed by atoms with Gasteiger partial charge in [0, 0.05) is 7.11 Å². The van der Waals surface area contributed by atoms with Crippen LogP contribution in [-0.2, 0) is 20.4 Å². The molecule has 172 valence electrons. The van der Waals surface area contributed by atoms with E-state index < -0.39 is 30.2 Å². The molecular formula is C21H20F3NO7. The highest BCUT2D eigenvalue weighted by atomic mass is 19.4. The van der Waals surface area contributed by atoms with Gasteiger partial charge in [-0.3, -0.25) is 4.79 Å². The zero-order chi connectivity index (χ0) is 23.1. The molecular weight excluding hydrogens is 435 g/mol. The van der Waals surface area contributed by atoms with Crippen LogP contribution in [0.1, 0.15) is 15.9 Å². The average molecular weight is 455 g/mol. The van der Waals surface area contributed by atoms with Crippen LogP contribution in [0.3, 0.4) is 0 Å². The van der Waals surface area contributed by atoms with Gasteiger partial charge < -0.3 is 29.0 Å². The second-order valence-electron chi connectivity index (χ2n) is 6.53. The van der Waals surface area contributed by atoms with E-state index in [2.05, 4.69) is 5.32 Å². The van der Waals surface area contributed by atoms with Gasteiger partial charge in [-0.15, -0.1) is 0 Å². The number of ether oxygens (including phenoxy) is 5. The Bertz CT molecular complexity index is 978. The second kappa shape index (κ2) is 10.2. The van der Waals surface area contributed by atoms with Gasteiger partial charge in [-0.05, 0) is 36.4 Å². The number of benzene rings is 2. The first-order chi connectivity index (χ1) is 15.3. The van der Waals surface area contributed by atoms with E-state index in [-0.39, 0.29) is 30.2 Å². The molecule has 0 atom stereocenters. The molecule has 0 aliphatic carbocycles. The van der Waals surface area contributed by atoms with Gasteiger partial charge in [-0.1, -0.05) is 0 Å². The van der Waals surface area contributed by atoms with E-state index in [4.69, 9.17) is 23.7 Å². The lowest BCUT2D eigenvalue weighted by Gasteiger charge is -2.18. The number of amides is 1. The van der Waals surface area contributed by atoms with Gasteiger partial charge in [0.25, 0.3) is 5.91 Å². The molecule has 1 heterocycles. The van der Waals surface area contributed by atoms with E-state index in [0.717, 1.165) is 18.2 Å². The van der Waals surface area contributed by atoms with Crippen molar-refractivity contribution in [1.82, 2.24) is 0 Å². The third-order valence-corrected chi connectivity index (χ3v) is 4.24. The van der Waals surface area contributed by atoms with Gasteiger partial charge in [0.1, 0.15) is 25.6 Å². The molecule has 0 saturated heterocycles. The quantitative estimate of drug-likeness (QED) is 0.482. The Hall–Kier alpha value is -3.47. The molecule has 1 aliphatic rings. The first-order valence-corrected chi connectivity index (χ1v) is 9.47. The minimum Gasteiger partial charge on any atom is -0.489 e. The summed E-state index contributed by atoms with van der Waals surface area (Å²) in [7, 11) is 1.44.